The first-order chi connectivity index (χ1) is 10.5. The maximum Gasteiger partial charge on any atom is 0.323 e. The standard InChI is InChI=1S/C16H21FN2O3/c1-18(11-15(20)21)16(22)14-4-2-3-9-19(14)10-12-5-7-13(17)8-6-12/h5-8,14H,2-4,9-11H2,1H3,(H,20,21)/t14-/m1/s1. The molecule has 22 heavy (non-hydrogen) atoms. The minimum Gasteiger partial charge on any atom is -0.480 e. The Morgan fingerprint density at radius 3 is 2.64 bits per heavy atom. The molecule has 1 aromatic rings. The highest BCUT2D eigenvalue weighted by atomic mass is 19.1. The van der Waals surface area contributed by atoms with Crippen LogP contribution in [0.5, 0.6) is 0 Å². The molecule has 0 bridgehead atoms. The molecule has 1 atom stereocenters. The maximum absolute atomic E-state index is 13.0. The smallest absolute Gasteiger partial charge is 0.323 e. The number of nitrogens with zero attached hydrogens (tertiary/aromatic N) is 2. The lowest BCUT2D eigenvalue weighted by molar-refractivity contribution is -0.146. The van der Waals surface area contributed by atoms with E-state index >= 15 is 0 Å². The Morgan fingerprint density at radius 1 is 1.32 bits per heavy atom. The molecular formula is C16H21FN2O3. The Balaban J connectivity index is 2.05. The fourth-order valence-electron chi connectivity index (χ4n) is 2.82. The van der Waals surface area contributed by atoms with E-state index in [9.17, 15) is 14.0 Å². The van der Waals surface area contributed by atoms with E-state index in [2.05, 4.69) is 4.90 Å². The summed E-state index contributed by atoms with van der Waals surface area (Å²) in [6.07, 6.45) is 2.69. The quantitative estimate of drug-likeness (QED) is 0.900. The Hall–Kier alpha value is -1.95. The highest BCUT2D eigenvalue weighted by Crippen LogP contribution is 2.21. The summed E-state index contributed by atoms with van der Waals surface area (Å²) in [5, 5.41) is 8.82. The number of halogens is 1. The number of carbonyl (C=O) groups excluding carboxylic acids is 1. The number of hydrogen-bond acceptors (Lipinski definition) is 3. The summed E-state index contributed by atoms with van der Waals surface area (Å²) in [6.45, 7) is 1.06. The highest BCUT2D eigenvalue weighted by Gasteiger charge is 2.31. The first-order valence-corrected chi connectivity index (χ1v) is 7.42. The van der Waals surface area contributed by atoms with E-state index in [1.54, 1.807) is 12.1 Å². The van der Waals surface area contributed by atoms with Crippen molar-refractivity contribution in [1.82, 2.24) is 9.80 Å². The van der Waals surface area contributed by atoms with Gasteiger partial charge in [-0.1, -0.05) is 18.6 Å². The third-order valence-corrected chi connectivity index (χ3v) is 3.95. The van der Waals surface area contributed by atoms with Gasteiger partial charge in [0.05, 0.1) is 6.04 Å². The van der Waals surface area contributed by atoms with Gasteiger partial charge in [0.15, 0.2) is 0 Å². The zero-order chi connectivity index (χ0) is 16.1. The number of likely N-dealkylation sites (N-methyl/N-ethyl adjacent to an activating group) is 1. The molecule has 1 heterocycles. The molecule has 1 amide bonds. The minimum absolute atomic E-state index is 0.163. The van der Waals surface area contributed by atoms with Crippen LogP contribution in [0.1, 0.15) is 24.8 Å². The zero-order valence-electron chi connectivity index (χ0n) is 12.7. The van der Waals surface area contributed by atoms with Gasteiger partial charge in [0.1, 0.15) is 12.4 Å². The van der Waals surface area contributed by atoms with Crippen LogP contribution >= 0.6 is 0 Å². The van der Waals surface area contributed by atoms with E-state index in [4.69, 9.17) is 5.11 Å². The fourth-order valence-corrected chi connectivity index (χ4v) is 2.82. The number of likely N-dealkylation sites (tertiary alicyclic amines) is 1. The second kappa shape index (κ2) is 7.35. The molecule has 0 aliphatic carbocycles. The monoisotopic (exact) mass is 308 g/mol. The second-order valence-corrected chi connectivity index (χ2v) is 5.70. The first kappa shape index (κ1) is 16.4. The predicted molar refractivity (Wildman–Crippen MR) is 79.7 cm³/mol. The number of carbonyl (C=O) groups is 2. The number of carboxylic acids is 1. The Kier molecular flexibility index (Phi) is 5.49. The number of hydrogen-bond donors (Lipinski definition) is 1. The number of piperidine rings is 1. The first-order valence-electron chi connectivity index (χ1n) is 7.42. The van der Waals surface area contributed by atoms with Crippen LogP contribution in [-0.2, 0) is 16.1 Å². The molecule has 0 unspecified atom stereocenters. The molecule has 0 saturated carbocycles. The summed E-state index contributed by atoms with van der Waals surface area (Å²) in [5.74, 6) is -1.46. The molecule has 0 radical (unpaired) electrons. The molecular weight excluding hydrogens is 287 g/mol. The van der Waals surface area contributed by atoms with Crippen LogP contribution in [0.2, 0.25) is 0 Å². The van der Waals surface area contributed by atoms with Gasteiger partial charge in [0, 0.05) is 13.6 Å². The van der Waals surface area contributed by atoms with Crippen molar-refractivity contribution in [3.63, 3.8) is 0 Å². The van der Waals surface area contributed by atoms with Crippen LogP contribution in [0.4, 0.5) is 4.39 Å². The van der Waals surface area contributed by atoms with Gasteiger partial charge in [-0.25, -0.2) is 4.39 Å². The summed E-state index contributed by atoms with van der Waals surface area (Å²) in [6, 6.07) is 5.95. The van der Waals surface area contributed by atoms with Gasteiger partial charge >= 0.3 is 5.97 Å². The van der Waals surface area contributed by atoms with Crippen molar-refractivity contribution in [2.24, 2.45) is 0 Å². The normalized spacial score (nSPS) is 18.9. The highest BCUT2D eigenvalue weighted by molar-refractivity contribution is 5.85. The van der Waals surface area contributed by atoms with E-state index in [1.165, 1.54) is 24.1 Å². The van der Waals surface area contributed by atoms with Crippen molar-refractivity contribution < 1.29 is 19.1 Å². The average Bonchev–Trinajstić information content (AvgIpc) is 2.49. The molecule has 1 aliphatic rings. The summed E-state index contributed by atoms with van der Waals surface area (Å²) in [7, 11) is 1.52. The lowest BCUT2D eigenvalue weighted by Gasteiger charge is -2.36. The second-order valence-electron chi connectivity index (χ2n) is 5.70. The van der Waals surface area contributed by atoms with E-state index < -0.39 is 5.97 Å². The van der Waals surface area contributed by atoms with Gasteiger partial charge < -0.3 is 10.0 Å². The van der Waals surface area contributed by atoms with Crippen molar-refractivity contribution in [3.05, 3.63) is 35.6 Å². The molecule has 1 N–H and O–H groups in total. The van der Waals surface area contributed by atoms with Gasteiger partial charge in [0.2, 0.25) is 5.91 Å². The molecule has 0 aromatic heterocycles. The Morgan fingerprint density at radius 2 is 2.00 bits per heavy atom. The van der Waals surface area contributed by atoms with Crippen molar-refractivity contribution in [3.8, 4) is 0 Å². The Bertz CT molecular complexity index is 533. The lowest BCUT2D eigenvalue weighted by atomic mass is 10.00. The predicted octanol–water partition coefficient (Wildman–Crippen LogP) is 1.72. The van der Waals surface area contributed by atoms with Gasteiger partial charge in [0.25, 0.3) is 0 Å². The minimum atomic E-state index is -1.02. The molecule has 6 heteroatoms. The molecule has 2 rings (SSSR count). The van der Waals surface area contributed by atoms with Crippen molar-refractivity contribution in [1.29, 1.82) is 0 Å². The van der Waals surface area contributed by atoms with E-state index in [0.717, 1.165) is 31.4 Å². The molecule has 5 nitrogen and oxygen atoms in total. The third kappa shape index (κ3) is 4.27. The molecule has 0 spiro atoms. The Labute approximate surface area is 129 Å². The van der Waals surface area contributed by atoms with Crippen molar-refractivity contribution in [2.45, 2.75) is 31.8 Å². The van der Waals surface area contributed by atoms with E-state index in [1.807, 2.05) is 0 Å². The number of aliphatic carboxylic acids is 1. The van der Waals surface area contributed by atoms with Crippen LogP contribution < -0.4 is 0 Å². The fraction of sp³-hybridized carbons (Fsp3) is 0.500. The average molecular weight is 308 g/mol. The molecule has 120 valence electrons. The summed E-state index contributed by atoms with van der Waals surface area (Å²) in [4.78, 5) is 26.5. The van der Waals surface area contributed by atoms with Gasteiger partial charge in [-0.05, 0) is 37.1 Å². The van der Waals surface area contributed by atoms with Crippen LogP contribution in [0.15, 0.2) is 24.3 Å². The topological polar surface area (TPSA) is 60.9 Å². The zero-order valence-corrected chi connectivity index (χ0v) is 12.7. The number of benzene rings is 1. The summed E-state index contributed by atoms with van der Waals surface area (Å²) < 4.78 is 13.0. The molecule has 1 fully saturated rings. The number of carboxylic acid groups (broad SMARTS) is 1. The van der Waals surface area contributed by atoms with Crippen LogP contribution in [-0.4, -0.2) is 53.0 Å². The number of amides is 1. The van der Waals surface area contributed by atoms with Crippen LogP contribution in [0.25, 0.3) is 0 Å². The summed E-state index contributed by atoms with van der Waals surface area (Å²) >= 11 is 0. The molecule has 1 aliphatic heterocycles. The number of rotatable bonds is 5. The van der Waals surface area contributed by atoms with E-state index in [-0.39, 0.29) is 24.3 Å². The van der Waals surface area contributed by atoms with Gasteiger partial charge in [-0.15, -0.1) is 0 Å². The van der Waals surface area contributed by atoms with Crippen LogP contribution in [0.3, 0.4) is 0 Å². The van der Waals surface area contributed by atoms with Crippen molar-refractivity contribution in [2.75, 3.05) is 20.1 Å². The SMILES string of the molecule is CN(CC(=O)O)C(=O)[C@H]1CCCCN1Cc1ccc(F)cc1. The van der Waals surface area contributed by atoms with E-state index in [0.29, 0.717) is 6.54 Å². The molecule has 1 saturated heterocycles. The molecule has 1 aromatic carbocycles. The van der Waals surface area contributed by atoms with Gasteiger partial charge in [-0.2, -0.15) is 0 Å². The lowest BCUT2D eigenvalue weighted by Crippen LogP contribution is -2.50. The largest absolute Gasteiger partial charge is 0.480 e. The van der Waals surface area contributed by atoms with Crippen LogP contribution in [0, 0.1) is 5.82 Å². The van der Waals surface area contributed by atoms with Crippen molar-refractivity contribution >= 4 is 11.9 Å². The van der Waals surface area contributed by atoms with Gasteiger partial charge in [-0.3, -0.25) is 14.5 Å². The summed E-state index contributed by atoms with van der Waals surface area (Å²) in [5.41, 5.74) is 0.946. The third-order valence-electron chi connectivity index (χ3n) is 3.95. The maximum atomic E-state index is 13.0.